The van der Waals surface area contributed by atoms with Crippen LogP contribution in [-0.2, 0) is 24.9 Å². The summed E-state index contributed by atoms with van der Waals surface area (Å²) < 4.78 is 1.85. The number of carbonyl (C=O) groups is 1. The van der Waals surface area contributed by atoms with E-state index in [1.807, 2.05) is 84.3 Å². The standard InChI is InChI=1S/C26H27N5O/c1-18-13-21(29-30(18)2)16-31(26(32)24-14-23(24)19-9-5-3-6-10-19)17-22-15-27-25(28-22)20-11-7-4-8-12-20/h3-13,15,23-24H,14,16-17H2,1-2H3,(H,27,28)/t23-,24+/m0/s1. The summed E-state index contributed by atoms with van der Waals surface area (Å²) in [6.45, 7) is 2.99. The number of rotatable bonds is 7. The highest BCUT2D eigenvalue weighted by atomic mass is 16.2. The van der Waals surface area contributed by atoms with Crippen LogP contribution in [0.15, 0.2) is 72.9 Å². The van der Waals surface area contributed by atoms with Crippen molar-refractivity contribution in [2.45, 2.75) is 32.4 Å². The molecule has 0 radical (unpaired) electrons. The lowest BCUT2D eigenvalue weighted by Crippen LogP contribution is -2.32. The fourth-order valence-electron chi connectivity index (χ4n) is 4.28. The minimum absolute atomic E-state index is 0.0266. The molecule has 1 saturated carbocycles. The van der Waals surface area contributed by atoms with Crippen molar-refractivity contribution in [3.05, 3.63) is 95.6 Å². The van der Waals surface area contributed by atoms with E-state index in [4.69, 9.17) is 0 Å². The van der Waals surface area contributed by atoms with Gasteiger partial charge in [-0.3, -0.25) is 9.48 Å². The van der Waals surface area contributed by atoms with Crippen LogP contribution in [0.1, 0.15) is 35.0 Å². The smallest absolute Gasteiger partial charge is 0.227 e. The lowest BCUT2D eigenvalue weighted by Gasteiger charge is -2.21. The van der Waals surface area contributed by atoms with Gasteiger partial charge in [0.1, 0.15) is 5.82 Å². The number of imidazole rings is 1. The van der Waals surface area contributed by atoms with Gasteiger partial charge in [-0.1, -0.05) is 60.7 Å². The van der Waals surface area contributed by atoms with Crippen LogP contribution >= 0.6 is 0 Å². The summed E-state index contributed by atoms with van der Waals surface area (Å²) in [6, 6.07) is 22.4. The molecule has 1 N–H and O–H groups in total. The lowest BCUT2D eigenvalue weighted by atomic mass is 10.1. The molecular formula is C26H27N5O. The van der Waals surface area contributed by atoms with Gasteiger partial charge in [0.15, 0.2) is 0 Å². The molecule has 0 spiro atoms. The highest BCUT2D eigenvalue weighted by Crippen LogP contribution is 2.48. The van der Waals surface area contributed by atoms with Gasteiger partial charge in [0, 0.05) is 24.2 Å². The molecule has 2 aromatic heterocycles. The zero-order valence-electron chi connectivity index (χ0n) is 18.4. The second-order valence-corrected chi connectivity index (χ2v) is 8.58. The van der Waals surface area contributed by atoms with E-state index in [-0.39, 0.29) is 11.8 Å². The molecule has 32 heavy (non-hydrogen) atoms. The van der Waals surface area contributed by atoms with Crippen molar-refractivity contribution in [2.75, 3.05) is 0 Å². The van der Waals surface area contributed by atoms with Crippen molar-refractivity contribution >= 4 is 5.91 Å². The van der Waals surface area contributed by atoms with Gasteiger partial charge < -0.3 is 9.88 Å². The molecule has 162 valence electrons. The number of benzene rings is 2. The third-order valence-corrected chi connectivity index (χ3v) is 6.20. The highest BCUT2D eigenvalue weighted by Gasteiger charge is 2.45. The van der Waals surface area contributed by atoms with Crippen molar-refractivity contribution in [3.8, 4) is 11.4 Å². The number of nitrogens with one attached hydrogen (secondary N) is 1. The molecule has 0 aliphatic heterocycles. The Morgan fingerprint density at radius 2 is 1.81 bits per heavy atom. The Balaban J connectivity index is 1.36. The molecular weight excluding hydrogens is 398 g/mol. The van der Waals surface area contributed by atoms with Gasteiger partial charge in [-0.05, 0) is 30.9 Å². The molecule has 0 bridgehead atoms. The predicted octanol–water partition coefficient (Wildman–Crippen LogP) is 4.45. The largest absolute Gasteiger partial charge is 0.340 e. The number of nitrogens with zero attached hydrogens (tertiary/aromatic N) is 4. The lowest BCUT2D eigenvalue weighted by molar-refractivity contribution is -0.134. The van der Waals surface area contributed by atoms with Gasteiger partial charge in [0.05, 0.1) is 30.7 Å². The molecule has 0 saturated heterocycles. The van der Waals surface area contributed by atoms with E-state index in [9.17, 15) is 4.79 Å². The summed E-state index contributed by atoms with van der Waals surface area (Å²) in [4.78, 5) is 23.4. The van der Waals surface area contributed by atoms with E-state index in [0.29, 0.717) is 19.0 Å². The Hall–Kier alpha value is -3.67. The fourth-order valence-corrected chi connectivity index (χ4v) is 4.28. The number of carbonyl (C=O) groups excluding carboxylic acids is 1. The predicted molar refractivity (Wildman–Crippen MR) is 124 cm³/mol. The summed E-state index contributed by atoms with van der Waals surface area (Å²) >= 11 is 0. The Morgan fingerprint density at radius 1 is 1.09 bits per heavy atom. The first-order chi connectivity index (χ1) is 15.6. The molecule has 0 unspecified atom stereocenters. The third-order valence-electron chi connectivity index (χ3n) is 6.20. The fraction of sp³-hybridized carbons (Fsp3) is 0.269. The molecule has 2 heterocycles. The maximum Gasteiger partial charge on any atom is 0.227 e. The van der Waals surface area contributed by atoms with Crippen molar-refractivity contribution < 1.29 is 4.79 Å². The van der Waals surface area contributed by atoms with Gasteiger partial charge in [0.2, 0.25) is 5.91 Å². The number of aromatic amines is 1. The van der Waals surface area contributed by atoms with Gasteiger partial charge in [-0.2, -0.15) is 5.10 Å². The first kappa shape index (κ1) is 20.2. The molecule has 2 aromatic carbocycles. The van der Waals surface area contributed by atoms with E-state index in [1.54, 1.807) is 0 Å². The van der Waals surface area contributed by atoms with Crippen LogP contribution < -0.4 is 0 Å². The van der Waals surface area contributed by atoms with E-state index in [2.05, 4.69) is 27.2 Å². The van der Waals surface area contributed by atoms with Crippen molar-refractivity contribution in [1.82, 2.24) is 24.6 Å². The summed E-state index contributed by atoms with van der Waals surface area (Å²) in [6.07, 6.45) is 2.73. The quantitative estimate of drug-likeness (QED) is 0.476. The monoisotopic (exact) mass is 425 g/mol. The summed E-state index contributed by atoms with van der Waals surface area (Å²) in [5, 5.41) is 4.58. The molecule has 1 aliphatic rings. The van der Waals surface area contributed by atoms with E-state index in [1.165, 1.54) is 5.56 Å². The van der Waals surface area contributed by atoms with Gasteiger partial charge in [-0.25, -0.2) is 4.98 Å². The average Bonchev–Trinajstić information content (AvgIpc) is 3.38. The Kier molecular flexibility index (Phi) is 5.35. The SMILES string of the molecule is Cc1cc(CN(Cc2cnc(-c3ccccc3)[nH]2)C(=O)[C@@H]2C[C@H]2c2ccccc2)nn1C. The zero-order valence-corrected chi connectivity index (χ0v) is 18.4. The van der Waals surface area contributed by atoms with Crippen LogP contribution in [0.25, 0.3) is 11.4 Å². The van der Waals surface area contributed by atoms with Crippen molar-refractivity contribution in [2.24, 2.45) is 13.0 Å². The maximum atomic E-state index is 13.5. The van der Waals surface area contributed by atoms with Crippen LogP contribution in [-0.4, -0.2) is 30.6 Å². The number of hydrogen-bond donors (Lipinski definition) is 1. The summed E-state index contributed by atoms with van der Waals surface area (Å²) in [5.41, 5.74) is 5.17. The normalized spacial score (nSPS) is 17.3. The molecule has 6 heteroatoms. The molecule has 6 nitrogen and oxygen atoms in total. The van der Waals surface area contributed by atoms with Crippen LogP contribution in [0.4, 0.5) is 0 Å². The Morgan fingerprint density at radius 3 is 2.50 bits per heavy atom. The molecule has 4 aromatic rings. The number of H-pyrrole nitrogens is 1. The molecule has 2 atom stereocenters. The molecule has 5 rings (SSSR count). The van der Waals surface area contributed by atoms with Crippen molar-refractivity contribution in [1.29, 1.82) is 0 Å². The second kappa shape index (κ2) is 8.46. The molecule has 1 fully saturated rings. The van der Waals surface area contributed by atoms with Crippen molar-refractivity contribution in [3.63, 3.8) is 0 Å². The van der Waals surface area contributed by atoms with E-state index < -0.39 is 0 Å². The number of aryl methyl sites for hydroxylation is 2. The third kappa shape index (κ3) is 4.21. The summed E-state index contributed by atoms with van der Waals surface area (Å²) in [7, 11) is 1.93. The van der Waals surface area contributed by atoms with E-state index >= 15 is 0 Å². The van der Waals surface area contributed by atoms with Crippen LogP contribution in [0.2, 0.25) is 0 Å². The first-order valence-corrected chi connectivity index (χ1v) is 11.0. The summed E-state index contributed by atoms with van der Waals surface area (Å²) in [5.74, 6) is 1.32. The van der Waals surface area contributed by atoms with Gasteiger partial charge >= 0.3 is 0 Å². The van der Waals surface area contributed by atoms with Crippen LogP contribution in [0, 0.1) is 12.8 Å². The Bertz CT molecular complexity index is 1190. The van der Waals surface area contributed by atoms with Gasteiger partial charge in [-0.15, -0.1) is 0 Å². The van der Waals surface area contributed by atoms with Gasteiger partial charge in [0.25, 0.3) is 0 Å². The van der Waals surface area contributed by atoms with E-state index in [0.717, 1.165) is 34.9 Å². The van der Waals surface area contributed by atoms with Crippen LogP contribution in [0.5, 0.6) is 0 Å². The molecule has 1 amide bonds. The second-order valence-electron chi connectivity index (χ2n) is 8.58. The zero-order chi connectivity index (χ0) is 22.1. The van der Waals surface area contributed by atoms with Crippen LogP contribution in [0.3, 0.4) is 0 Å². The number of aromatic nitrogens is 4. The maximum absolute atomic E-state index is 13.5. The average molecular weight is 426 g/mol. The topological polar surface area (TPSA) is 66.8 Å². The highest BCUT2D eigenvalue weighted by molar-refractivity contribution is 5.83. The Labute approximate surface area is 187 Å². The first-order valence-electron chi connectivity index (χ1n) is 11.0. The minimum atomic E-state index is 0.0266. The number of hydrogen-bond acceptors (Lipinski definition) is 3. The molecule has 1 aliphatic carbocycles. The number of amides is 1. The minimum Gasteiger partial charge on any atom is -0.340 e.